The lowest BCUT2D eigenvalue weighted by Crippen LogP contribution is -2.60. The zero-order valence-corrected chi connectivity index (χ0v) is 15.2. The first-order valence-electron chi connectivity index (χ1n) is 8.66. The molecule has 2 saturated heterocycles. The van der Waals surface area contributed by atoms with E-state index < -0.39 is 18.7 Å². The summed E-state index contributed by atoms with van der Waals surface area (Å²) >= 11 is 1.58. The lowest BCUT2D eigenvalue weighted by Gasteiger charge is -2.47. The van der Waals surface area contributed by atoms with Crippen molar-refractivity contribution in [2.24, 2.45) is 0 Å². The van der Waals surface area contributed by atoms with Crippen molar-refractivity contribution in [3.05, 3.63) is 66.2 Å². The van der Waals surface area contributed by atoms with Gasteiger partial charge in [-0.25, -0.2) is 0 Å². The summed E-state index contributed by atoms with van der Waals surface area (Å²) < 4.78 is 23.3. The van der Waals surface area contributed by atoms with E-state index in [9.17, 15) is 5.11 Å². The fourth-order valence-corrected chi connectivity index (χ4v) is 4.60. The highest BCUT2D eigenvalue weighted by molar-refractivity contribution is 8.00. The van der Waals surface area contributed by atoms with Gasteiger partial charge in [-0.3, -0.25) is 0 Å². The maximum Gasteiger partial charge on any atom is 0.184 e. The van der Waals surface area contributed by atoms with Crippen LogP contribution in [0.4, 0.5) is 0 Å². The van der Waals surface area contributed by atoms with Crippen LogP contribution in [0.2, 0.25) is 0 Å². The molecule has 2 aromatic carbocycles. The van der Waals surface area contributed by atoms with Gasteiger partial charge < -0.3 is 24.1 Å². The van der Waals surface area contributed by atoms with E-state index in [4.69, 9.17) is 18.9 Å². The minimum Gasteiger partial charge on any atom is -0.387 e. The van der Waals surface area contributed by atoms with Gasteiger partial charge in [0.2, 0.25) is 0 Å². The van der Waals surface area contributed by atoms with Gasteiger partial charge in [0.1, 0.15) is 18.3 Å². The quantitative estimate of drug-likeness (QED) is 0.888. The van der Waals surface area contributed by atoms with Crippen molar-refractivity contribution in [2.45, 2.75) is 41.0 Å². The second kappa shape index (κ2) is 8.08. The van der Waals surface area contributed by atoms with Gasteiger partial charge in [-0.15, -0.1) is 11.8 Å². The molecule has 0 aromatic heterocycles. The molecule has 0 radical (unpaired) electrons. The number of fused-ring (bicyclic) bond motifs is 1. The van der Waals surface area contributed by atoms with Gasteiger partial charge in [-0.1, -0.05) is 48.5 Å². The lowest BCUT2D eigenvalue weighted by molar-refractivity contribution is -0.330. The first-order valence-corrected chi connectivity index (χ1v) is 9.54. The number of aliphatic hydroxyl groups excluding tert-OH is 1. The second-order valence-electron chi connectivity index (χ2n) is 6.34. The molecule has 2 fully saturated rings. The molecule has 6 heteroatoms. The van der Waals surface area contributed by atoms with Crippen molar-refractivity contribution in [1.29, 1.82) is 0 Å². The number of ether oxygens (including phenoxy) is 4. The molecular formula is C20H22O5S. The standard InChI is InChI=1S/C20H22O5S/c1-22-20-16(21)18(26-14-10-6-3-7-11-14)17-15(24-20)12-23-19(25-17)13-8-4-2-5-9-13/h2-11,15-21H,12H2,1H3/t15-,16+,17-,18+,19-,20+/m1/s1. The fourth-order valence-electron chi connectivity index (χ4n) is 3.33. The largest absolute Gasteiger partial charge is 0.387 e. The highest BCUT2D eigenvalue weighted by Gasteiger charge is 2.50. The van der Waals surface area contributed by atoms with Gasteiger partial charge in [0, 0.05) is 17.6 Å². The summed E-state index contributed by atoms with van der Waals surface area (Å²) in [6.07, 6.45) is -2.56. The average Bonchev–Trinajstić information content (AvgIpc) is 2.71. The van der Waals surface area contributed by atoms with Crippen LogP contribution in [-0.4, -0.2) is 48.7 Å². The van der Waals surface area contributed by atoms with E-state index in [1.165, 1.54) is 7.11 Å². The van der Waals surface area contributed by atoms with Crippen molar-refractivity contribution in [1.82, 2.24) is 0 Å². The topological polar surface area (TPSA) is 57.2 Å². The Morgan fingerprint density at radius 1 is 1.00 bits per heavy atom. The summed E-state index contributed by atoms with van der Waals surface area (Å²) in [5, 5.41) is 10.6. The smallest absolute Gasteiger partial charge is 0.184 e. The van der Waals surface area contributed by atoms with Gasteiger partial charge in [0.15, 0.2) is 12.6 Å². The lowest BCUT2D eigenvalue weighted by atomic mass is 10.0. The zero-order chi connectivity index (χ0) is 17.9. The maximum atomic E-state index is 10.8. The molecule has 0 amide bonds. The van der Waals surface area contributed by atoms with Crippen LogP contribution in [0.3, 0.4) is 0 Å². The summed E-state index contributed by atoms with van der Waals surface area (Å²) in [5.74, 6) is 0. The van der Waals surface area contributed by atoms with Gasteiger partial charge >= 0.3 is 0 Å². The minimum atomic E-state index is -0.805. The third-order valence-electron chi connectivity index (χ3n) is 4.63. The molecule has 0 spiro atoms. The number of aliphatic hydroxyl groups is 1. The van der Waals surface area contributed by atoms with Crippen LogP contribution in [0.25, 0.3) is 0 Å². The Morgan fingerprint density at radius 2 is 1.69 bits per heavy atom. The van der Waals surface area contributed by atoms with Crippen molar-refractivity contribution in [3.63, 3.8) is 0 Å². The first kappa shape index (κ1) is 18.0. The van der Waals surface area contributed by atoms with E-state index in [1.54, 1.807) is 11.8 Å². The maximum absolute atomic E-state index is 10.8. The van der Waals surface area contributed by atoms with Gasteiger partial charge in [-0.2, -0.15) is 0 Å². The molecule has 2 aromatic rings. The highest BCUT2D eigenvalue weighted by atomic mass is 32.2. The van der Waals surface area contributed by atoms with Crippen molar-refractivity contribution >= 4 is 11.8 Å². The normalized spacial score (nSPS) is 34.2. The van der Waals surface area contributed by atoms with Crippen LogP contribution in [0.5, 0.6) is 0 Å². The van der Waals surface area contributed by atoms with Crippen molar-refractivity contribution in [2.75, 3.05) is 13.7 Å². The summed E-state index contributed by atoms with van der Waals surface area (Å²) in [4.78, 5) is 1.07. The second-order valence-corrected chi connectivity index (χ2v) is 7.59. The highest BCUT2D eigenvalue weighted by Crippen LogP contribution is 2.41. The Morgan fingerprint density at radius 3 is 2.38 bits per heavy atom. The van der Waals surface area contributed by atoms with Crippen LogP contribution < -0.4 is 0 Å². The number of rotatable bonds is 4. The number of hydrogen-bond donors (Lipinski definition) is 1. The molecule has 2 aliphatic rings. The van der Waals surface area contributed by atoms with Crippen molar-refractivity contribution in [3.8, 4) is 0 Å². The Bertz CT molecular complexity index is 698. The van der Waals surface area contributed by atoms with Crippen molar-refractivity contribution < 1.29 is 24.1 Å². The Balaban J connectivity index is 1.58. The Kier molecular flexibility index (Phi) is 5.59. The van der Waals surface area contributed by atoms with Gasteiger partial charge in [0.25, 0.3) is 0 Å². The number of thioether (sulfide) groups is 1. The number of methoxy groups -OCH3 is 1. The molecule has 2 heterocycles. The van der Waals surface area contributed by atoms with Gasteiger partial charge in [-0.05, 0) is 12.1 Å². The summed E-state index contributed by atoms with van der Waals surface area (Å²) in [6.45, 7) is 0.392. The molecule has 5 nitrogen and oxygen atoms in total. The van der Waals surface area contributed by atoms with E-state index in [0.29, 0.717) is 6.61 Å². The average molecular weight is 374 g/mol. The summed E-state index contributed by atoms with van der Waals surface area (Å²) in [6, 6.07) is 19.8. The van der Waals surface area contributed by atoms with Crippen LogP contribution in [0.1, 0.15) is 11.9 Å². The molecule has 138 valence electrons. The first-order chi connectivity index (χ1) is 12.8. The third kappa shape index (κ3) is 3.67. The van der Waals surface area contributed by atoms with Crippen LogP contribution >= 0.6 is 11.8 Å². The molecule has 4 rings (SSSR count). The predicted octanol–water partition coefficient (Wildman–Crippen LogP) is 2.99. The molecular weight excluding hydrogens is 352 g/mol. The van der Waals surface area contributed by atoms with E-state index in [2.05, 4.69) is 0 Å². The molecule has 2 aliphatic heterocycles. The third-order valence-corrected chi connectivity index (χ3v) is 5.99. The minimum absolute atomic E-state index is 0.226. The molecule has 6 atom stereocenters. The molecule has 0 saturated carbocycles. The predicted molar refractivity (Wildman–Crippen MR) is 97.8 cm³/mol. The van der Waals surface area contributed by atoms with E-state index in [1.807, 2.05) is 60.7 Å². The SMILES string of the molecule is CO[C@H]1O[C@@H]2CO[C@@H](c3ccccc3)O[C@H]2[C@@H](Sc2ccccc2)[C@@H]1O. The van der Waals surface area contributed by atoms with E-state index >= 15 is 0 Å². The molecule has 0 unspecified atom stereocenters. The fraction of sp³-hybridized carbons (Fsp3) is 0.400. The molecule has 0 bridgehead atoms. The Labute approximate surface area is 157 Å². The van der Waals surface area contributed by atoms with Crippen LogP contribution in [0.15, 0.2) is 65.6 Å². The summed E-state index contributed by atoms with van der Waals surface area (Å²) in [7, 11) is 1.54. The number of benzene rings is 2. The van der Waals surface area contributed by atoms with E-state index in [0.717, 1.165) is 10.5 Å². The van der Waals surface area contributed by atoms with Crippen LogP contribution in [0, 0.1) is 0 Å². The Hall–Kier alpha value is -1.41. The molecule has 0 aliphatic carbocycles. The monoisotopic (exact) mass is 374 g/mol. The van der Waals surface area contributed by atoms with Gasteiger partial charge in [0.05, 0.1) is 11.9 Å². The molecule has 26 heavy (non-hydrogen) atoms. The zero-order valence-electron chi connectivity index (χ0n) is 14.4. The molecule has 1 N–H and O–H groups in total. The summed E-state index contributed by atoms with van der Waals surface area (Å²) in [5.41, 5.74) is 0.956. The number of hydrogen-bond acceptors (Lipinski definition) is 6. The van der Waals surface area contributed by atoms with E-state index in [-0.39, 0.29) is 17.5 Å². The van der Waals surface area contributed by atoms with Crippen LogP contribution in [-0.2, 0) is 18.9 Å².